The fraction of sp³-hybridized carbons (Fsp3) is 0.240. The molecule has 3 aromatic carbocycles. The number of benzene rings is 3. The van der Waals surface area contributed by atoms with Crippen LogP contribution >= 0.6 is 0 Å². The molecule has 0 spiro atoms. The lowest BCUT2D eigenvalue weighted by molar-refractivity contribution is -0.121. The molecule has 4 rings (SSSR count). The first kappa shape index (κ1) is 20.0. The molecule has 1 heterocycles. The van der Waals surface area contributed by atoms with Crippen molar-refractivity contribution in [3.05, 3.63) is 95.6 Å². The number of carbonyl (C=O) groups excluding carboxylic acids is 1. The quantitative estimate of drug-likeness (QED) is 0.592. The molecular weight excluding hydrogens is 378 g/mol. The number of hydrogen-bond donors (Lipinski definition) is 2. The molecule has 154 valence electrons. The van der Waals surface area contributed by atoms with E-state index >= 15 is 0 Å². The van der Waals surface area contributed by atoms with Crippen LogP contribution in [0.3, 0.4) is 0 Å². The van der Waals surface area contributed by atoms with Crippen LogP contribution in [0.4, 0.5) is 0 Å². The minimum Gasteiger partial charge on any atom is -0.454 e. The van der Waals surface area contributed by atoms with Crippen LogP contribution in [0.2, 0.25) is 0 Å². The molecule has 0 fully saturated rings. The van der Waals surface area contributed by atoms with Crippen molar-refractivity contribution in [3.63, 3.8) is 0 Å². The first-order valence-electron chi connectivity index (χ1n) is 10.1. The van der Waals surface area contributed by atoms with E-state index in [0.717, 1.165) is 16.7 Å². The van der Waals surface area contributed by atoms with E-state index in [9.17, 15) is 9.90 Å². The summed E-state index contributed by atoms with van der Waals surface area (Å²) in [5, 5.41) is 13.4. The summed E-state index contributed by atoms with van der Waals surface area (Å²) < 4.78 is 10.7. The minimum atomic E-state index is -0.682. The van der Waals surface area contributed by atoms with Gasteiger partial charge in [0.25, 0.3) is 0 Å². The first-order chi connectivity index (χ1) is 14.7. The fourth-order valence-corrected chi connectivity index (χ4v) is 3.69. The van der Waals surface area contributed by atoms with Gasteiger partial charge in [-0.25, -0.2) is 0 Å². The molecule has 0 radical (unpaired) electrons. The van der Waals surface area contributed by atoms with Gasteiger partial charge in [0.1, 0.15) is 0 Å². The van der Waals surface area contributed by atoms with Crippen LogP contribution in [0.5, 0.6) is 11.5 Å². The zero-order chi connectivity index (χ0) is 20.8. The second-order valence-corrected chi connectivity index (χ2v) is 7.35. The van der Waals surface area contributed by atoms with E-state index in [1.54, 1.807) is 12.1 Å². The van der Waals surface area contributed by atoms with Crippen LogP contribution in [-0.4, -0.2) is 24.4 Å². The minimum absolute atomic E-state index is 0.00816. The lowest BCUT2D eigenvalue weighted by atomic mass is 9.88. The van der Waals surface area contributed by atoms with Gasteiger partial charge in [-0.15, -0.1) is 0 Å². The maximum absolute atomic E-state index is 12.6. The van der Waals surface area contributed by atoms with Gasteiger partial charge in [-0.2, -0.15) is 0 Å². The maximum Gasteiger partial charge on any atom is 0.231 e. The molecule has 3 aromatic rings. The van der Waals surface area contributed by atoms with Gasteiger partial charge >= 0.3 is 0 Å². The second kappa shape index (κ2) is 9.46. The normalized spacial score (nSPS) is 13.3. The zero-order valence-corrected chi connectivity index (χ0v) is 16.7. The third-order valence-electron chi connectivity index (χ3n) is 5.31. The van der Waals surface area contributed by atoms with Crippen LogP contribution in [0.15, 0.2) is 78.9 Å². The van der Waals surface area contributed by atoms with Crippen molar-refractivity contribution in [2.24, 2.45) is 0 Å². The van der Waals surface area contributed by atoms with Gasteiger partial charge in [0, 0.05) is 18.9 Å². The Balaban J connectivity index is 1.34. The molecule has 0 bridgehead atoms. The van der Waals surface area contributed by atoms with E-state index in [4.69, 9.17) is 9.47 Å². The maximum atomic E-state index is 12.6. The Labute approximate surface area is 176 Å². The lowest BCUT2D eigenvalue weighted by Gasteiger charge is -2.18. The van der Waals surface area contributed by atoms with Gasteiger partial charge < -0.3 is 19.9 Å². The summed E-state index contributed by atoms with van der Waals surface area (Å²) in [7, 11) is 0. The summed E-state index contributed by atoms with van der Waals surface area (Å²) in [5.74, 6) is 1.29. The molecule has 1 aliphatic rings. The van der Waals surface area contributed by atoms with Crippen LogP contribution in [0.25, 0.3) is 0 Å². The molecule has 0 saturated heterocycles. The average molecular weight is 403 g/mol. The molecule has 0 aliphatic carbocycles. The summed E-state index contributed by atoms with van der Waals surface area (Å²) in [6, 6.07) is 25.5. The Kier molecular flexibility index (Phi) is 6.30. The zero-order valence-electron chi connectivity index (χ0n) is 16.7. The number of aliphatic hydroxyl groups is 1. The van der Waals surface area contributed by atoms with Crippen LogP contribution in [-0.2, 0) is 4.79 Å². The van der Waals surface area contributed by atoms with Crippen molar-refractivity contribution in [2.75, 3.05) is 13.3 Å². The molecule has 1 unspecified atom stereocenters. The Morgan fingerprint density at radius 2 is 1.50 bits per heavy atom. The molecular formula is C25H25NO4. The summed E-state index contributed by atoms with van der Waals surface area (Å²) in [6.07, 6.45) is 0.0970. The number of hydrogen-bond acceptors (Lipinski definition) is 4. The van der Waals surface area contributed by atoms with Crippen LogP contribution in [0, 0.1) is 0 Å². The fourth-order valence-electron chi connectivity index (χ4n) is 3.69. The molecule has 0 saturated carbocycles. The van der Waals surface area contributed by atoms with Crippen molar-refractivity contribution in [1.82, 2.24) is 5.32 Å². The molecule has 2 N–H and O–H groups in total. The SMILES string of the molecule is O=C(CC(c1ccccc1)c1ccccc1)NCCC(O)c1ccc2c(c1)OCO2. The van der Waals surface area contributed by atoms with Crippen molar-refractivity contribution < 1.29 is 19.4 Å². The van der Waals surface area contributed by atoms with Gasteiger partial charge in [0.15, 0.2) is 11.5 Å². The van der Waals surface area contributed by atoms with Crippen molar-refractivity contribution >= 4 is 5.91 Å². The predicted octanol–water partition coefficient (Wildman–Crippen LogP) is 4.18. The van der Waals surface area contributed by atoms with Gasteiger partial charge in [0.05, 0.1) is 6.10 Å². The topological polar surface area (TPSA) is 67.8 Å². The van der Waals surface area contributed by atoms with E-state index in [2.05, 4.69) is 5.32 Å². The number of amides is 1. The van der Waals surface area contributed by atoms with Gasteiger partial charge in [-0.1, -0.05) is 66.7 Å². The summed E-state index contributed by atoms with van der Waals surface area (Å²) in [4.78, 5) is 12.6. The molecule has 5 heteroatoms. The van der Waals surface area contributed by atoms with Crippen molar-refractivity contribution in [1.29, 1.82) is 0 Å². The standard InChI is InChI=1S/C25H25NO4/c27-22(20-11-12-23-24(15-20)30-17-29-23)13-14-26-25(28)16-21(18-7-3-1-4-8-18)19-9-5-2-6-10-19/h1-12,15,21-22,27H,13-14,16-17H2,(H,26,28). The molecule has 0 aromatic heterocycles. The highest BCUT2D eigenvalue weighted by molar-refractivity contribution is 5.77. The largest absolute Gasteiger partial charge is 0.454 e. The third kappa shape index (κ3) is 4.81. The van der Waals surface area contributed by atoms with Gasteiger partial charge in [0.2, 0.25) is 12.7 Å². The van der Waals surface area contributed by atoms with E-state index < -0.39 is 6.10 Å². The van der Waals surface area contributed by atoms with E-state index in [0.29, 0.717) is 30.9 Å². The molecule has 30 heavy (non-hydrogen) atoms. The second-order valence-electron chi connectivity index (χ2n) is 7.35. The highest BCUT2D eigenvalue weighted by Crippen LogP contribution is 2.34. The van der Waals surface area contributed by atoms with Crippen LogP contribution < -0.4 is 14.8 Å². The smallest absolute Gasteiger partial charge is 0.231 e. The molecule has 1 amide bonds. The van der Waals surface area contributed by atoms with E-state index in [-0.39, 0.29) is 18.6 Å². The molecule has 1 atom stereocenters. The number of ether oxygens (including phenoxy) is 2. The Bertz CT molecular complexity index is 935. The van der Waals surface area contributed by atoms with E-state index in [1.807, 2.05) is 66.7 Å². The number of nitrogens with one attached hydrogen (secondary N) is 1. The van der Waals surface area contributed by atoms with Gasteiger partial charge in [-0.3, -0.25) is 4.79 Å². The van der Waals surface area contributed by atoms with Gasteiger partial charge in [-0.05, 0) is 35.2 Å². The highest BCUT2D eigenvalue weighted by atomic mass is 16.7. The summed E-state index contributed by atoms with van der Waals surface area (Å²) in [6.45, 7) is 0.597. The van der Waals surface area contributed by atoms with Crippen LogP contribution in [0.1, 0.15) is 41.6 Å². The molecule has 1 aliphatic heterocycles. The first-order valence-corrected chi connectivity index (χ1v) is 10.1. The number of aliphatic hydroxyl groups excluding tert-OH is 1. The van der Waals surface area contributed by atoms with Crippen molar-refractivity contribution in [2.45, 2.75) is 24.9 Å². The predicted molar refractivity (Wildman–Crippen MR) is 114 cm³/mol. The lowest BCUT2D eigenvalue weighted by Crippen LogP contribution is -2.27. The number of carbonyl (C=O) groups is 1. The van der Waals surface area contributed by atoms with Crippen molar-refractivity contribution in [3.8, 4) is 11.5 Å². The Morgan fingerprint density at radius 3 is 2.17 bits per heavy atom. The highest BCUT2D eigenvalue weighted by Gasteiger charge is 2.19. The number of fused-ring (bicyclic) bond motifs is 1. The summed E-state index contributed by atoms with van der Waals surface area (Å²) in [5.41, 5.74) is 2.97. The third-order valence-corrected chi connectivity index (χ3v) is 5.31. The average Bonchev–Trinajstić information content (AvgIpc) is 3.26. The van der Waals surface area contributed by atoms with E-state index in [1.165, 1.54) is 0 Å². The Morgan fingerprint density at radius 1 is 0.867 bits per heavy atom. The number of rotatable bonds is 8. The monoisotopic (exact) mass is 403 g/mol. The summed E-state index contributed by atoms with van der Waals surface area (Å²) >= 11 is 0. The molecule has 5 nitrogen and oxygen atoms in total. The Hall–Kier alpha value is -3.31.